The van der Waals surface area contributed by atoms with Gasteiger partial charge in [0.15, 0.2) is 0 Å². The molecule has 0 radical (unpaired) electrons. The van der Waals surface area contributed by atoms with Crippen LogP contribution in [0.25, 0.3) is 0 Å². The Kier molecular flexibility index (Phi) is 18.4. The Morgan fingerprint density at radius 3 is 2.23 bits per heavy atom. The third kappa shape index (κ3) is 16.5. The van der Waals surface area contributed by atoms with Crippen molar-refractivity contribution in [2.45, 2.75) is 129 Å². The van der Waals surface area contributed by atoms with Crippen molar-refractivity contribution < 1.29 is 14.3 Å². The van der Waals surface area contributed by atoms with Gasteiger partial charge in [-0.15, -0.1) is 11.8 Å². The van der Waals surface area contributed by atoms with Gasteiger partial charge in [-0.3, -0.25) is 0 Å². The summed E-state index contributed by atoms with van der Waals surface area (Å²) in [5.41, 5.74) is 0. The van der Waals surface area contributed by atoms with Gasteiger partial charge in [0.1, 0.15) is 6.61 Å². The lowest BCUT2D eigenvalue weighted by Gasteiger charge is -2.14. The van der Waals surface area contributed by atoms with Gasteiger partial charge in [0, 0.05) is 19.3 Å². The van der Waals surface area contributed by atoms with Crippen molar-refractivity contribution in [2.24, 2.45) is 5.92 Å². The molecule has 1 saturated heterocycles. The van der Waals surface area contributed by atoms with Gasteiger partial charge in [-0.2, -0.15) is 0 Å². The molecule has 0 aromatic rings. The number of hydrogen-bond acceptors (Lipinski definition) is 5. The number of alkyl carbamates (subject to hydrolysis) is 1. The first kappa shape index (κ1) is 30.3. The number of ether oxygens (including phenoxy) is 2. The number of hydrogen-bond donors (Lipinski definition) is 1. The Hall–Kier alpha value is -0.880. The maximum absolute atomic E-state index is 11.9. The molecule has 2 aliphatic rings. The topological polar surface area (TPSA) is 50.8 Å². The number of nitrogens with zero attached hydrogens (tertiary/aromatic N) is 1. The summed E-state index contributed by atoms with van der Waals surface area (Å²) in [5, 5.41) is 5.00. The summed E-state index contributed by atoms with van der Waals surface area (Å²) < 4.78 is 11.2. The first-order chi connectivity index (χ1) is 17.3. The molecule has 2 aliphatic heterocycles. The second-order valence-electron chi connectivity index (χ2n) is 10.6. The third-order valence-corrected chi connectivity index (χ3v) is 8.07. The zero-order valence-corrected chi connectivity index (χ0v) is 23.5. The largest absolute Gasteiger partial charge is 0.447 e. The van der Waals surface area contributed by atoms with Crippen LogP contribution in [-0.2, 0) is 9.47 Å². The molecule has 2 atom stereocenters. The maximum Gasteiger partial charge on any atom is 0.407 e. The molecular weight excluding hydrogens is 456 g/mol. The molecule has 0 aromatic heterocycles. The summed E-state index contributed by atoms with van der Waals surface area (Å²) in [6.45, 7) is 5.23. The van der Waals surface area contributed by atoms with Crippen LogP contribution in [0.5, 0.6) is 0 Å². The Bertz CT molecular complexity index is 546. The highest BCUT2D eigenvalue weighted by molar-refractivity contribution is 8.02. The van der Waals surface area contributed by atoms with Gasteiger partial charge in [0.25, 0.3) is 0 Å². The van der Waals surface area contributed by atoms with Crippen LogP contribution in [0.4, 0.5) is 4.79 Å². The molecule has 0 aromatic carbocycles. The molecule has 1 N–H and O–H groups in total. The van der Waals surface area contributed by atoms with Gasteiger partial charge < -0.3 is 19.7 Å². The predicted octanol–water partition coefficient (Wildman–Crippen LogP) is 8.25. The van der Waals surface area contributed by atoms with E-state index in [4.69, 9.17) is 9.47 Å². The lowest BCUT2D eigenvalue weighted by molar-refractivity contribution is 0.0425. The van der Waals surface area contributed by atoms with Crippen LogP contribution in [0.1, 0.15) is 122 Å². The van der Waals surface area contributed by atoms with E-state index in [0.29, 0.717) is 19.1 Å². The van der Waals surface area contributed by atoms with E-state index in [0.717, 1.165) is 38.3 Å². The Morgan fingerprint density at radius 1 is 0.943 bits per heavy atom. The molecule has 2 unspecified atom stereocenters. The van der Waals surface area contributed by atoms with E-state index < -0.39 is 0 Å². The van der Waals surface area contributed by atoms with E-state index >= 15 is 0 Å². The minimum Gasteiger partial charge on any atom is -0.447 e. The average Bonchev–Trinajstić information content (AvgIpc) is 3.55. The van der Waals surface area contributed by atoms with Crippen LogP contribution in [0.3, 0.4) is 0 Å². The highest BCUT2D eigenvalue weighted by Crippen LogP contribution is 2.25. The molecular formula is C29H54N2O3S. The van der Waals surface area contributed by atoms with Crippen LogP contribution in [0.15, 0.2) is 11.6 Å². The summed E-state index contributed by atoms with van der Waals surface area (Å²) in [6, 6.07) is 0. The predicted molar refractivity (Wildman–Crippen MR) is 150 cm³/mol. The molecule has 1 fully saturated rings. The van der Waals surface area contributed by atoms with E-state index in [-0.39, 0.29) is 12.2 Å². The average molecular weight is 511 g/mol. The van der Waals surface area contributed by atoms with Crippen molar-refractivity contribution in [1.82, 2.24) is 10.2 Å². The lowest BCUT2D eigenvalue weighted by Crippen LogP contribution is -2.29. The van der Waals surface area contributed by atoms with Crippen LogP contribution >= 0.6 is 11.8 Å². The van der Waals surface area contributed by atoms with Crippen LogP contribution in [0.2, 0.25) is 0 Å². The summed E-state index contributed by atoms with van der Waals surface area (Å²) in [4.78, 5) is 14.2. The molecule has 0 spiro atoms. The van der Waals surface area contributed by atoms with Crippen LogP contribution in [0, 0.1) is 5.92 Å². The fourth-order valence-corrected chi connectivity index (χ4v) is 5.78. The SMILES string of the molecule is CCCCCCCCCCCCCCCCC1COC(COC(=O)NCCCCN2C=CSC2)C1. The van der Waals surface area contributed by atoms with Gasteiger partial charge in [0.2, 0.25) is 0 Å². The molecule has 1 amide bonds. The highest BCUT2D eigenvalue weighted by Gasteiger charge is 2.26. The number of rotatable bonds is 22. The van der Waals surface area contributed by atoms with Gasteiger partial charge in [-0.05, 0) is 37.0 Å². The second kappa shape index (κ2) is 21.2. The summed E-state index contributed by atoms with van der Waals surface area (Å²) in [6.07, 6.45) is 26.0. The van der Waals surface area contributed by atoms with Crippen LogP contribution in [-0.4, -0.2) is 49.3 Å². The molecule has 0 aliphatic carbocycles. The van der Waals surface area contributed by atoms with Crippen molar-refractivity contribution in [3.05, 3.63) is 11.6 Å². The van der Waals surface area contributed by atoms with Crippen molar-refractivity contribution in [1.29, 1.82) is 0 Å². The number of carbonyl (C=O) groups excluding carboxylic acids is 1. The minimum atomic E-state index is -0.305. The number of amides is 1. The fraction of sp³-hybridized carbons (Fsp3) is 0.897. The van der Waals surface area contributed by atoms with Crippen molar-refractivity contribution >= 4 is 17.9 Å². The van der Waals surface area contributed by atoms with Gasteiger partial charge in [0.05, 0.1) is 18.6 Å². The first-order valence-electron chi connectivity index (χ1n) is 14.8. The Balaban J connectivity index is 1.30. The lowest BCUT2D eigenvalue weighted by atomic mass is 9.97. The fourth-order valence-electron chi connectivity index (χ4n) is 5.02. The quantitative estimate of drug-likeness (QED) is 0.149. The van der Waals surface area contributed by atoms with E-state index in [1.54, 1.807) is 0 Å². The number of nitrogens with one attached hydrogen (secondary N) is 1. The van der Waals surface area contributed by atoms with Crippen molar-refractivity contribution in [3.8, 4) is 0 Å². The zero-order chi connectivity index (χ0) is 24.8. The molecule has 5 nitrogen and oxygen atoms in total. The van der Waals surface area contributed by atoms with Crippen molar-refractivity contribution in [2.75, 3.05) is 32.2 Å². The molecule has 2 heterocycles. The highest BCUT2D eigenvalue weighted by atomic mass is 32.2. The molecule has 6 heteroatoms. The Labute approximate surface area is 220 Å². The van der Waals surface area contributed by atoms with E-state index in [1.165, 1.54) is 96.3 Å². The number of thioether (sulfide) groups is 1. The summed E-state index contributed by atoms with van der Waals surface area (Å²) in [7, 11) is 0. The van der Waals surface area contributed by atoms with Crippen molar-refractivity contribution in [3.63, 3.8) is 0 Å². The second-order valence-corrected chi connectivity index (χ2v) is 11.4. The van der Waals surface area contributed by atoms with E-state index in [1.807, 2.05) is 11.8 Å². The molecule has 35 heavy (non-hydrogen) atoms. The van der Waals surface area contributed by atoms with Gasteiger partial charge in [-0.1, -0.05) is 96.8 Å². The van der Waals surface area contributed by atoms with Crippen LogP contribution < -0.4 is 5.32 Å². The standard InChI is InChI=1S/C29H54N2O3S/c1-2-3-4-5-6-7-8-9-10-11-12-13-14-15-18-27-23-28(33-24-27)25-34-29(32)30-19-16-17-20-31-21-22-35-26-31/h21-22,27-28H,2-20,23-26H2,1H3,(H,30,32). The van der Waals surface area contributed by atoms with Gasteiger partial charge in [-0.25, -0.2) is 4.79 Å². The monoisotopic (exact) mass is 510 g/mol. The molecule has 0 saturated carbocycles. The number of unbranched alkanes of at least 4 members (excludes halogenated alkanes) is 14. The normalized spacial score (nSPS) is 19.5. The smallest absolute Gasteiger partial charge is 0.407 e. The maximum atomic E-state index is 11.9. The summed E-state index contributed by atoms with van der Waals surface area (Å²) >= 11 is 1.83. The molecule has 0 bridgehead atoms. The summed E-state index contributed by atoms with van der Waals surface area (Å²) in [5.74, 6) is 1.69. The van der Waals surface area contributed by atoms with E-state index in [2.05, 4.69) is 28.7 Å². The molecule has 2 rings (SSSR count). The number of carbonyl (C=O) groups is 1. The first-order valence-corrected chi connectivity index (χ1v) is 15.9. The molecule has 204 valence electrons. The third-order valence-electron chi connectivity index (χ3n) is 7.28. The van der Waals surface area contributed by atoms with E-state index in [9.17, 15) is 4.79 Å². The zero-order valence-electron chi connectivity index (χ0n) is 22.7. The minimum absolute atomic E-state index is 0.0804. The van der Waals surface area contributed by atoms with Gasteiger partial charge >= 0.3 is 6.09 Å². The Morgan fingerprint density at radius 2 is 1.60 bits per heavy atom.